The molecule has 3 aliphatic rings. The maximum atomic E-state index is 15.7. The highest BCUT2D eigenvalue weighted by Gasteiger charge is 2.44. The molecule has 8 aromatic rings. The number of piperazine rings is 1. The van der Waals surface area contributed by atoms with Gasteiger partial charge in [-0.1, -0.05) is 96.9 Å². The fourth-order valence-electron chi connectivity index (χ4n) is 11.0. The summed E-state index contributed by atoms with van der Waals surface area (Å²) in [5.74, 6) is -1.03. The number of halogens is 3. The van der Waals surface area contributed by atoms with Crippen LogP contribution in [0.25, 0.3) is 55.3 Å². The van der Waals surface area contributed by atoms with Crippen molar-refractivity contribution in [2.45, 2.75) is 89.6 Å². The van der Waals surface area contributed by atoms with Crippen LogP contribution in [0.5, 0.6) is 11.8 Å². The van der Waals surface area contributed by atoms with Crippen molar-refractivity contribution in [3.05, 3.63) is 124 Å². The lowest BCUT2D eigenvalue weighted by Gasteiger charge is -2.30. The molecule has 0 unspecified atom stereocenters. The summed E-state index contributed by atoms with van der Waals surface area (Å²) in [6.07, 6.45) is 4.74. The fourth-order valence-corrected chi connectivity index (χ4v) is 11.6. The van der Waals surface area contributed by atoms with Crippen LogP contribution in [-0.2, 0) is 20.9 Å². The summed E-state index contributed by atoms with van der Waals surface area (Å²) in [6, 6.07) is 19.8. The average Bonchev–Trinajstić information content (AvgIpc) is 4.47. The monoisotopic (exact) mass is 1110 g/mol. The first-order chi connectivity index (χ1) is 38.2. The summed E-state index contributed by atoms with van der Waals surface area (Å²) < 4.78 is 35.7. The molecule has 7 atom stereocenters. The molecule has 0 radical (unpaired) electrons. The second-order valence-corrected chi connectivity index (χ2v) is 21.6. The second kappa shape index (κ2) is 22.4. The van der Waals surface area contributed by atoms with Crippen molar-refractivity contribution >= 4 is 62.6 Å². The van der Waals surface area contributed by atoms with Crippen molar-refractivity contribution < 1.29 is 38.4 Å². The molecular formula is C57H59Cl2FN12O7. The van der Waals surface area contributed by atoms with Crippen LogP contribution in [0.15, 0.2) is 91.4 Å². The third-order valence-corrected chi connectivity index (χ3v) is 15.9. The van der Waals surface area contributed by atoms with Crippen LogP contribution in [0.1, 0.15) is 62.5 Å². The minimum atomic E-state index is -1.00. The van der Waals surface area contributed by atoms with E-state index in [0.29, 0.717) is 56.6 Å². The number of rotatable bonds is 18. The molecule has 4 aromatic carbocycles. The van der Waals surface area contributed by atoms with E-state index >= 15 is 4.39 Å². The first kappa shape index (κ1) is 53.7. The Labute approximate surface area is 464 Å². The summed E-state index contributed by atoms with van der Waals surface area (Å²) in [5.41, 5.74) is 6.75. The van der Waals surface area contributed by atoms with Crippen molar-refractivity contribution in [2.24, 2.45) is 5.92 Å². The highest BCUT2D eigenvalue weighted by atomic mass is 35.5. The number of nitrogens with zero attached hydrogens (tertiary/aromatic N) is 9. The van der Waals surface area contributed by atoms with Crippen LogP contribution >= 0.6 is 23.2 Å². The maximum absolute atomic E-state index is 15.7. The van der Waals surface area contributed by atoms with E-state index in [1.165, 1.54) is 15.6 Å². The van der Waals surface area contributed by atoms with E-state index in [1.54, 1.807) is 31.8 Å². The number of β-amino-alcohol motifs (C(OH)–C–C–N with tert-alkyl or cyclic N) is 1. The van der Waals surface area contributed by atoms with Crippen LogP contribution in [0.2, 0.25) is 10.0 Å². The summed E-state index contributed by atoms with van der Waals surface area (Å²) in [6.45, 7) is 8.79. The number of hydrogen-bond acceptors (Lipinski definition) is 15. The van der Waals surface area contributed by atoms with E-state index in [4.69, 9.17) is 47.4 Å². The van der Waals surface area contributed by atoms with Gasteiger partial charge in [-0.2, -0.15) is 15.1 Å². The molecule has 22 heteroatoms. The number of pyridine rings is 1. The number of aliphatic hydroxyl groups excluding tert-OH is 2. The number of aromatic nitrogens is 8. The molecule has 3 saturated heterocycles. The van der Waals surface area contributed by atoms with Crippen molar-refractivity contribution in [1.29, 1.82) is 0 Å². The smallest absolute Gasteiger partial charge is 0.319 e. The number of aryl methyl sites for hydroxylation is 1. The summed E-state index contributed by atoms with van der Waals surface area (Å²) in [4.78, 5) is 46.5. The van der Waals surface area contributed by atoms with Crippen LogP contribution in [-0.4, -0.2) is 137 Å². The topological polar surface area (TPSA) is 231 Å². The van der Waals surface area contributed by atoms with Gasteiger partial charge < -0.3 is 44.9 Å². The Bertz CT molecular complexity index is 3570. The zero-order valence-corrected chi connectivity index (χ0v) is 45.5. The van der Waals surface area contributed by atoms with Crippen LogP contribution < -0.4 is 25.0 Å². The molecule has 410 valence electrons. The fraction of sp³-hybridized carbons (Fsp3) is 0.368. The lowest BCUT2D eigenvalue weighted by atomic mass is 9.98. The number of likely N-dealkylation sites (tertiary alicyclic amines) is 1. The average molecular weight is 1110 g/mol. The van der Waals surface area contributed by atoms with E-state index in [9.17, 15) is 19.8 Å². The summed E-state index contributed by atoms with van der Waals surface area (Å²) >= 11 is 14.2. The van der Waals surface area contributed by atoms with Crippen molar-refractivity contribution in [3.63, 3.8) is 0 Å². The molecule has 79 heavy (non-hydrogen) atoms. The molecule has 11 rings (SSSR count). The van der Waals surface area contributed by atoms with Gasteiger partial charge in [-0.15, -0.1) is 5.10 Å². The Hall–Kier alpha value is -7.33. The van der Waals surface area contributed by atoms with Gasteiger partial charge in [0.05, 0.1) is 52.8 Å². The third-order valence-electron chi connectivity index (χ3n) is 15.2. The number of nitrogens with one attached hydrogen (secondary N) is 3. The maximum Gasteiger partial charge on any atom is 0.319 e. The number of aliphatic hydroxyl groups is 2. The summed E-state index contributed by atoms with van der Waals surface area (Å²) in [7, 11) is 1.60. The Morgan fingerprint density at radius 3 is 2.46 bits per heavy atom. The molecule has 3 aliphatic heterocycles. The number of carbonyl (C=O) groups excluding carboxylic acids is 2. The predicted molar refractivity (Wildman–Crippen MR) is 296 cm³/mol. The van der Waals surface area contributed by atoms with E-state index in [-0.39, 0.29) is 84.3 Å². The molecule has 0 spiro atoms. The van der Waals surface area contributed by atoms with Gasteiger partial charge in [0.25, 0.3) is 0 Å². The summed E-state index contributed by atoms with van der Waals surface area (Å²) in [5, 5.41) is 44.9. The van der Waals surface area contributed by atoms with E-state index in [1.807, 2.05) is 88.4 Å². The Morgan fingerprint density at radius 1 is 0.962 bits per heavy atom. The highest BCUT2D eigenvalue weighted by Crippen LogP contribution is 2.50. The molecule has 2 amide bonds. The van der Waals surface area contributed by atoms with Gasteiger partial charge >= 0.3 is 6.01 Å². The van der Waals surface area contributed by atoms with Gasteiger partial charge in [0.1, 0.15) is 48.1 Å². The number of methoxy groups -OCH3 is 1. The Kier molecular flexibility index (Phi) is 15.2. The first-order valence-corrected chi connectivity index (χ1v) is 27.0. The molecule has 4 aromatic heterocycles. The molecule has 0 saturated carbocycles. The van der Waals surface area contributed by atoms with Crippen LogP contribution in [0.3, 0.4) is 0 Å². The van der Waals surface area contributed by atoms with E-state index in [2.05, 4.69) is 41.0 Å². The van der Waals surface area contributed by atoms with E-state index in [0.717, 1.165) is 35.3 Å². The molecule has 0 aliphatic carbocycles. The minimum absolute atomic E-state index is 0.00300. The lowest BCUT2D eigenvalue weighted by Crippen LogP contribution is -2.50. The van der Waals surface area contributed by atoms with Gasteiger partial charge in [0.15, 0.2) is 5.75 Å². The Morgan fingerprint density at radius 2 is 1.75 bits per heavy atom. The third kappa shape index (κ3) is 10.6. The number of benzene rings is 4. The lowest BCUT2D eigenvalue weighted by molar-refractivity contribution is -0.142. The van der Waals surface area contributed by atoms with Crippen LogP contribution in [0, 0.1) is 18.7 Å². The van der Waals surface area contributed by atoms with Crippen LogP contribution in [0.4, 0.5) is 10.2 Å². The van der Waals surface area contributed by atoms with Gasteiger partial charge in [-0.05, 0) is 55.0 Å². The van der Waals surface area contributed by atoms with Gasteiger partial charge in [-0.25, -0.2) is 9.07 Å². The van der Waals surface area contributed by atoms with Gasteiger partial charge in [0, 0.05) is 96.2 Å². The first-order valence-electron chi connectivity index (χ1n) is 26.2. The standard InChI is InChI=1S/C57H59Cl2FN12O7/c1-29(2)52(56(76)71-24-38(74)18-47(71)55(75)64-46(26-73)35-14-12-33(13-15-35)39-7-6-16-61-31(39)4)72-25-45(68-69-72)34-10-8-32(9-11-34)28-78-53-49(48-41-22-63-67-44(41)20-43(60)50(48)59)42(58)19-40-51(53)65-57(79-27-30(3)77-5)66-54(40)70-23-36-17-37(70)21-62-36/h6-16,19-20,22,25,29-30,36-38,46-47,52,62,73-74H,17-18,21,23-24,26-28H2,1-5H3,(H,63,67)(H,64,75)/t30-,36-,37-,38+,46-,47-,52-/m0/s1. The van der Waals surface area contributed by atoms with Gasteiger partial charge in [0.2, 0.25) is 11.8 Å². The predicted octanol–water partition coefficient (Wildman–Crippen LogP) is 7.80. The molecule has 3 fully saturated rings. The molecule has 5 N–H and O–H groups in total. The molecule has 19 nitrogen and oxygen atoms in total. The van der Waals surface area contributed by atoms with Crippen molar-refractivity contribution in [2.75, 3.05) is 44.9 Å². The number of aromatic amines is 1. The molecule has 2 bridgehead atoms. The number of H-pyrrole nitrogens is 1. The number of fused-ring (bicyclic) bond motifs is 4. The normalized spacial score (nSPS) is 19.2. The second-order valence-electron chi connectivity index (χ2n) is 20.8. The highest BCUT2D eigenvalue weighted by molar-refractivity contribution is 6.39. The zero-order valence-electron chi connectivity index (χ0n) is 44.0. The largest absolute Gasteiger partial charge is 0.486 e. The number of amides is 2. The molecular weight excluding hydrogens is 1050 g/mol. The number of ether oxygens (including phenoxy) is 3. The van der Waals surface area contributed by atoms with E-state index < -0.39 is 41.9 Å². The SMILES string of the molecule is CO[C@@H](C)COc1nc(N2C[C@@H]3C[C@H]2CN3)c2cc(Cl)c(-c3c(Cl)c(F)cc4[nH]ncc34)c(OCc3ccc(-c4cn([C@H](C(=O)N5C[C@H](O)C[C@H]5C(=O)N[C@@H](CO)c5ccc(-c6cccnc6C)cc5)C(C)C)nn4)cc3)c2n1. The number of anilines is 1. The minimum Gasteiger partial charge on any atom is -0.486 e. The Balaban J connectivity index is 0.852. The number of hydrogen-bond donors (Lipinski definition) is 5. The molecule has 7 heterocycles. The number of carbonyl (C=O) groups is 2. The van der Waals surface area contributed by atoms with Crippen molar-refractivity contribution in [1.82, 2.24) is 55.7 Å². The quantitative estimate of drug-likeness (QED) is 0.0552. The zero-order chi connectivity index (χ0) is 55.2. The van der Waals surface area contributed by atoms with Crippen molar-refractivity contribution in [3.8, 4) is 45.3 Å². The van der Waals surface area contributed by atoms with Gasteiger partial charge in [-0.3, -0.25) is 19.7 Å².